The van der Waals surface area contributed by atoms with Crippen molar-refractivity contribution in [2.24, 2.45) is 0 Å². The lowest BCUT2D eigenvalue weighted by Gasteiger charge is -2.30. The van der Waals surface area contributed by atoms with Crippen molar-refractivity contribution in [1.29, 1.82) is 0 Å². The van der Waals surface area contributed by atoms with Crippen LogP contribution in [-0.2, 0) is 4.74 Å². The molecule has 1 unspecified atom stereocenters. The second-order valence-electron chi connectivity index (χ2n) is 4.98. The van der Waals surface area contributed by atoms with Crippen molar-refractivity contribution in [3.8, 4) is 5.75 Å². The van der Waals surface area contributed by atoms with Crippen LogP contribution < -0.4 is 10.1 Å². The molecule has 0 amide bonds. The summed E-state index contributed by atoms with van der Waals surface area (Å²) in [6, 6.07) is 5.04. The third-order valence-electron chi connectivity index (χ3n) is 3.34. The Morgan fingerprint density at radius 1 is 1.57 bits per heavy atom. The van der Waals surface area contributed by atoms with Gasteiger partial charge in [-0.3, -0.25) is 10.1 Å². The van der Waals surface area contributed by atoms with E-state index in [1.165, 1.54) is 0 Å². The van der Waals surface area contributed by atoms with Gasteiger partial charge in [-0.05, 0) is 26.1 Å². The van der Waals surface area contributed by atoms with E-state index in [-0.39, 0.29) is 17.5 Å². The summed E-state index contributed by atoms with van der Waals surface area (Å²) in [7, 11) is 2.04. The summed E-state index contributed by atoms with van der Waals surface area (Å²) in [5.41, 5.74) is 0.436. The van der Waals surface area contributed by atoms with Crippen LogP contribution in [0, 0.1) is 10.1 Å². The van der Waals surface area contributed by atoms with Crippen LogP contribution in [0.4, 0.5) is 11.4 Å². The fourth-order valence-corrected chi connectivity index (χ4v) is 2.34. The Morgan fingerprint density at radius 2 is 2.38 bits per heavy atom. The van der Waals surface area contributed by atoms with Crippen molar-refractivity contribution in [3.63, 3.8) is 0 Å². The molecule has 1 aromatic rings. The summed E-state index contributed by atoms with van der Waals surface area (Å²) in [4.78, 5) is 13.0. The van der Waals surface area contributed by atoms with Gasteiger partial charge in [0.05, 0.1) is 24.2 Å². The first kappa shape index (κ1) is 15.5. The topological polar surface area (TPSA) is 76.9 Å². The fraction of sp³-hybridized carbons (Fsp3) is 0.571. The van der Waals surface area contributed by atoms with Gasteiger partial charge in [0.2, 0.25) is 0 Å². The van der Waals surface area contributed by atoms with Crippen molar-refractivity contribution in [2.75, 3.05) is 45.2 Å². The van der Waals surface area contributed by atoms with Gasteiger partial charge in [-0.1, -0.05) is 6.07 Å². The molecule has 0 spiro atoms. The Hall–Kier alpha value is -1.86. The third kappa shape index (κ3) is 4.05. The minimum absolute atomic E-state index is 0.0245. The SMILES string of the molecule is CCOc1cccc(NCC2CN(C)CCO2)c1[N+](=O)[O-]. The molecular formula is C14H21N3O4. The maximum Gasteiger partial charge on any atom is 0.333 e. The summed E-state index contributed by atoms with van der Waals surface area (Å²) >= 11 is 0. The predicted molar refractivity (Wildman–Crippen MR) is 80.0 cm³/mol. The van der Waals surface area contributed by atoms with Crippen LogP contribution in [0.2, 0.25) is 0 Å². The fourth-order valence-electron chi connectivity index (χ4n) is 2.34. The number of para-hydroxylation sites is 1. The zero-order chi connectivity index (χ0) is 15.2. The third-order valence-corrected chi connectivity index (χ3v) is 3.34. The molecule has 1 aliphatic heterocycles. The number of hydrogen-bond acceptors (Lipinski definition) is 6. The summed E-state index contributed by atoms with van der Waals surface area (Å²) in [6.45, 7) is 5.13. The normalized spacial score (nSPS) is 19.2. The van der Waals surface area contributed by atoms with Crippen LogP contribution in [0.1, 0.15) is 6.92 Å². The first-order chi connectivity index (χ1) is 10.1. The van der Waals surface area contributed by atoms with Crippen LogP contribution in [0.5, 0.6) is 5.75 Å². The maximum atomic E-state index is 11.3. The molecule has 0 radical (unpaired) electrons. The van der Waals surface area contributed by atoms with Crippen molar-refractivity contribution in [2.45, 2.75) is 13.0 Å². The highest BCUT2D eigenvalue weighted by Crippen LogP contribution is 2.34. The molecule has 21 heavy (non-hydrogen) atoms. The smallest absolute Gasteiger partial charge is 0.333 e. The number of nitrogens with zero attached hydrogens (tertiary/aromatic N) is 2. The molecule has 1 fully saturated rings. The number of nitro benzene ring substituents is 1. The molecule has 1 aromatic carbocycles. The van der Waals surface area contributed by atoms with E-state index in [1.807, 2.05) is 7.05 Å². The zero-order valence-corrected chi connectivity index (χ0v) is 12.4. The monoisotopic (exact) mass is 295 g/mol. The Balaban J connectivity index is 2.08. The van der Waals surface area contributed by atoms with Crippen LogP contribution in [-0.4, -0.2) is 55.8 Å². The molecule has 7 nitrogen and oxygen atoms in total. The zero-order valence-electron chi connectivity index (χ0n) is 12.4. The Kier molecular flexibility index (Phi) is 5.35. The summed E-state index contributed by atoms with van der Waals surface area (Å²) in [6.07, 6.45) is 0.0269. The molecule has 0 saturated carbocycles. The molecule has 0 aromatic heterocycles. The van der Waals surface area contributed by atoms with Gasteiger partial charge in [-0.15, -0.1) is 0 Å². The number of ether oxygens (including phenoxy) is 2. The number of benzene rings is 1. The molecular weight excluding hydrogens is 274 g/mol. The van der Waals surface area contributed by atoms with E-state index in [0.29, 0.717) is 25.4 Å². The lowest BCUT2D eigenvalue weighted by molar-refractivity contribution is -0.384. The average Bonchev–Trinajstić information content (AvgIpc) is 2.45. The highest BCUT2D eigenvalue weighted by Gasteiger charge is 2.23. The number of likely N-dealkylation sites (N-methyl/N-ethyl adjacent to an activating group) is 1. The first-order valence-electron chi connectivity index (χ1n) is 7.06. The van der Waals surface area contributed by atoms with Crippen molar-refractivity contribution in [3.05, 3.63) is 28.3 Å². The quantitative estimate of drug-likeness (QED) is 0.636. The number of hydrogen-bond donors (Lipinski definition) is 1. The van der Waals surface area contributed by atoms with E-state index in [9.17, 15) is 10.1 Å². The lowest BCUT2D eigenvalue weighted by atomic mass is 10.2. The highest BCUT2D eigenvalue weighted by atomic mass is 16.6. The van der Waals surface area contributed by atoms with Crippen molar-refractivity contribution < 1.29 is 14.4 Å². The molecule has 1 atom stereocenters. The molecule has 1 saturated heterocycles. The van der Waals surface area contributed by atoms with E-state index in [2.05, 4.69) is 10.2 Å². The van der Waals surface area contributed by atoms with Gasteiger partial charge < -0.3 is 19.7 Å². The van der Waals surface area contributed by atoms with E-state index in [1.54, 1.807) is 25.1 Å². The molecule has 2 rings (SSSR count). The van der Waals surface area contributed by atoms with Gasteiger partial charge in [0.25, 0.3) is 0 Å². The number of morpholine rings is 1. The minimum atomic E-state index is -0.415. The molecule has 1 N–H and O–H groups in total. The molecule has 116 valence electrons. The van der Waals surface area contributed by atoms with E-state index in [0.717, 1.165) is 13.1 Å². The highest BCUT2D eigenvalue weighted by molar-refractivity contribution is 5.68. The minimum Gasteiger partial charge on any atom is -0.487 e. The molecule has 0 bridgehead atoms. The Labute approximate surface area is 124 Å². The molecule has 1 aliphatic rings. The van der Waals surface area contributed by atoms with Crippen molar-refractivity contribution >= 4 is 11.4 Å². The predicted octanol–water partition coefficient (Wildman–Crippen LogP) is 1.74. The van der Waals surface area contributed by atoms with Crippen molar-refractivity contribution in [1.82, 2.24) is 4.90 Å². The number of rotatable bonds is 6. The van der Waals surface area contributed by atoms with E-state index in [4.69, 9.17) is 9.47 Å². The van der Waals surface area contributed by atoms with E-state index < -0.39 is 4.92 Å². The van der Waals surface area contributed by atoms with E-state index >= 15 is 0 Å². The summed E-state index contributed by atoms with van der Waals surface area (Å²) in [5, 5.41) is 14.4. The van der Waals surface area contributed by atoms with Crippen LogP contribution >= 0.6 is 0 Å². The van der Waals surface area contributed by atoms with Crippen LogP contribution in [0.25, 0.3) is 0 Å². The lowest BCUT2D eigenvalue weighted by Crippen LogP contribution is -2.43. The number of anilines is 1. The van der Waals surface area contributed by atoms with Gasteiger partial charge >= 0.3 is 5.69 Å². The van der Waals surface area contributed by atoms with Gasteiger partial charge in [-0.25, -0.2) is 0 Å². The largest absolute Gasteiger partial charge is 0.487 e. The number of nitro groups is 1. The first-order valence-corrected chi connectivity index (χ1v) is 7.06. The summed E-state index contributed by atoms with van der Waals surface area (Å²) in [5.74, 6) is 0.286. The number of nitrogens with one attached hydrogen (secondary N) is 1. The van der Waals surface area contributed by atoms with Gasteiger partial charge in [-0.2, -0.15) is 0 Å². The Morgan fingerprint density at radius 3 is 3.05 bits per heavy atom. The summed E-state index contributed by atoms with van der Waals surface area (Å²) < 4.78 is 11.0. The van der Waals surface area contributed by atoms with Crippen LogP contribution in [0.3, 0.4) is 0 Å². The van der Waals surface area contributed by atoms with Gasteiger partial charge in [0.15, 0.2) is 5.75 Å². The maximum absolute atomic E-state index is 11.3. The Bertz CT molecular complexity index is 495. The standard InChI is InChI=1S/C14H21N3O4/c1-3-20-13-6-4-5-12(14(13)17(18)19)15-9-11-10-16(2)7-8-21-11/h4-6,11,15H,3,7-10H2,1-2H3. The van der Waals surface area contributed by atoms with Gasteiger partial charge in [0.1, 0.15) is 5.69 Å². The molecule has 7 heteroatoms. The second kappa shape index (κ2) is 7.24. The average molecular weight is 295 g/mol. The van der Waals surface area contributed by atoms with Gasteiger partial charge in [0, 0.05) is 19.6 Å². The molecule has 0 aliphatic carbocycles. The second-order valence-corrected chi connectivity index (χ2v) is 4.98. The van der Waals surface area contributed by atoms with Crippen LogP contribution in [0.15, 0.2) is 18.2 Å². The molecule has 1 heterocycles.